The summed E-state index contributed by atoms with van der Waals surface area (Å²) in [6, 6.07) is 0.620. The Bertz CT molecular complexity index is 262. The normalized spacial score (nSPS) is 32.8. The standard InChI is InChI=1S/C16H34N2O/c1-7-18(11-16(4,5)19)10-14-13(3)8-12(2)9-15(14)17-6/h12-15,17,19H,7-11H2,1-6H3. The largest absolute Gasteiger partial charge is 0.389 e. The molecule has 19 heavy (non-hydrogen) atoms. The molecule has 0 aromatic heterocycles. The second-order valence-corrected chi connectivity index (χ2v) is 7.25. The van der Waals surface area contributed by atoms with Crippen molar-refractivity contribution in [2.45, 2.75) is 59.1 Å². The number of hydrogen-bond acceptors (Lipinski definition) is 3. The Morgan fingerprint density at radius 2 is 1.89 bits per heavy atom. The van der Waals surface area contributed by atoms with Crippen LogP contribution in [0.3, 0.4) is 0 Å². The maximum atomic E-state index is 10.0. The van der Waals surface area contributed by atoms with E-state index in [1.165, 1.54) is 12.8 Å². The van der Waals surface area contributed by atoms with Gasteiger partial charge in [0.1, 0.15) is 0 Å². The summed E-state index contributed by atoms with van der Waals surface area (Å²) < 4.78 is 0. The SMILES string of the molecule is CCN(CC1C(C)CC(C)CC1NC)CC(C)(C)O. The van der Waals surface area contributed by atoms with Crippen LogP contribution in [0.5, 0.6) is 0 Å². The highest BCUT2D eigenvalue weighted by Gasteiger charge is 2.34. The van der Waals surface area contributed by atoms with Gasteiger partial charge in [-0.2, -0.15) is 0 Å². The first-order valence-corrected chi connectivity index (χ1v) is 7.88. The third-order valence-corrected chi connectivity index (χ3v) is 4.58. The fourth-order valence-corrected chi connectivity index (χ4v) is 3.70. The van der Waals surface area contributed by atoms with Crippen molar-refractivity contribution >= 4 is 0 Å². The Morgan fingerprint density at radius 3 is 2.37 bits per heavy atom. The van der Waals surface area contributed by atoms with Crippen LogP contribution in [0.25, 0.3) is 0 Å². The summed E-state index contributed by atoms with van der Waals surface area (Å²) in [4.78, 5) is 2.40. The van der Waals surface area contributed by atoms with Gasteiger partial charge in [-0.3, -0.25) is 0 Å². The zero-order chi connectivity index (χ0) is 14.6. The van der Waals surface area contributed by atoms with Gasteiger partial charge in [0.2, 0.25) is 0 Å². The highest BCUT2D eigenvalue weighted by Crippen LogP contribution is 2.34. The van der Waals surface area contributed by atoms with Gasteiger partial charge >= 0.3 is 0 Å². The van der Waals surface area contributed by atoms with Crippen LogP contribution in [0.4, 0.5) is 0 Å². The summed E-state index contributed by atoms with van der Waals surface area (Å²) in [5, 5.41) is 13.5. The maximum Gasteiger partial charge on any atom is 0.0718 e. The summed E-state index contributed by atoms with van der Waals surface area (Å²) in [5.74, 6) is 2.29. The third-order valence-electron chi connectivity index (χ3n) is 4.58. The van der Waals surface area contributed by atoms with Crippen molar-refractivity contribution in [3.8, 4) is 0 Å². The summed E-state index contributed by atoms with van der Waals surface area (Å²) >= 11 is 0. The fraction of sp³-hybridized carbons (Fsp3) is 1.00. The number of nitrogens with one attached hydrogen (secondary N) is 1. The number of hydrogen-bond donors (Lipinski definition) is 2. The van der Waals surface area contributed by atoms with E-state index in [1.807, 2.05) is 13.8 Å². The molecule has 1 rings (SSSR count). The lowest BCUT2D eigenvalue weighted by Crippen LogP contribution is -2.50. The molecule has 0 aromatic carbocycles. The molecule has 1 aliphatic carbocycles. The molecule has 3 heteroatoms. The quantitative estimate of drug-likeness (QED) is 0.778. The van der Waals surface area contributed by atoms with Crippen LogP contribution in [0.2, 0.25) is 0 Å². The van der Waals surface area contributed by atoms with Crippen molar-refractivity contribution in [1.29, 1.82) is 0 Å². The maximum absolute atomic E-state index is 10.0. The van der Waals surface area contributed by atoms with Gasteiger partial charge in [0, 0.05) is 19.1 Å². The molecular weight excluding hydrogens is 236 g/mol. The lowest BCUT2D eigenvalue weighted by Gasteiger charge is -2.42. The smallest absolute Gasteiger partial charge is 0.0718 e. The van der Waals surface area contributed by atoms with Gasteiger partial charge in [-0.25, -0.2) is 0 Å². The van der Waals surface area contributed by atoms with E-state index >= 15 is 0 Å². The molecule has 0 saturated heterocycles. The Balaban J connectivity index is 2.65. The molecule has 1 saturated carbocycles. The molecule has 0 heterocycles. The molecule has 0 bridgehead atoms. The number of nitrogens with zero attached hydrogens (tertiary/aromatic N) is 1. The first-order valence-electron chi connectivity index (χ1n) is 7.88. The van der Waals surface area contributed by atoms with Crippen molar-refractivity contribution in [2.24, 2.45) is 17.8 Å². The van der Waals surface area contributed by atoms with Gasteiger partial charge in [-0.1, -0.05) is 20.8 Å². The van der Waals surface area contributed by atoms with Gasteiger partial charge < -0.3 is 15.3 Å². The summed E-state index contributed by atoms with van der Waals surface area (Å²) in [6.07, 6.45) is 2.62. The highest BCUT2D eigenvalue weighted by molar-refractivity contribution is 4.89. The molecule has 0 aliphatic heterocycles. The molecule has 1 fully saturated rings. The molecule has 3 nitrogen and oxygen atoms in total. The highest BCUT2D eigenvalue weighted by atomic mass is 16.3. The van der Waals surface area contributed by atoms with Gasteiger partial charge in [0.25, 0.3) is 0 Å². The Hall–Kier alpha value is -0.120. The minimum atomic E-state index is -0.601. The van der Waals surface area contributed by atoms with Crippen molar-refractivity contribution in [3.05, 3.63) is 0 Å². The van der Waals surface area contributed by atoms with Crippen molar-refractivity contribution in [2.75, 3.05) is 26.7 Å². The van der Waals surface area contributed by atoms with E-state index in [-0.39, 0.29) is 0 Å². The van der Waals surface area contributed by atoms with Crippen LogP contribution in [0.1, 0.15) is 47.5 Å². The lowest BCUT2D eigenvalue weighted by molar-refractivity contribution is 0.0200. The van der Waals surface area contributed by atoms with Crippen LogP contribution in [0, 0.1) is 17.8 Å². The molecule has 0 spiro atoms. The van der Waals surface area contributed by atoms with Gasteiger partial charge in [0.15, 0.2) is 0 Å². The minimum absolute atomic E-state index is 0.601. The van der Waals surface area contributed by atoms with Gasteiger partial charge in [-0.05, 0) is 58.0 Å². The third kappa shape index (κ3) is 5.41. The summed E-state index contributed by atoms with van der Waals surface area (Å²) in [7, 11) is 2.09. The van der Waals surface area contributed by atoms with Gasteiger partial charge in [-0.15, -0.1) is 0 Å². The number of likely N-dealkylation sites (N-methyl/N-ethyl adjacent to an activating group) is 1. The zero-order valence-corrected chi connectivity index (χ0v) is 13.7. The second kappa shape index (κ2) is 7.05. The Kier molecular flexibility index (Phi) is 6.28. The van der Waals surface area contributed by atoms with Crippen LogP contribution >= 0.6 is 0 Å². The Labute approximate surface area is 119 Å². The van der Waals surface area contributed by atoms with E-state index in [2.05, 4.69) is 38.0 Å². The van der Waals surface area contributed by atoms with Gasteiger partial charge in [0.05, 0.1) is 5.60 Å². The van der Waals surface area contributed by atoms with E-state index in [0.717, 1.165) is 31.5 Å². The van der Waals surface area contributed by atoms with E-state index in [9.17, 15) is 5.11 Å². The fourth-order valence-electron chi connectivity index (χ4n) is 3.70. The molecule has 1 aliphatic rings. The molecule has 0 amide bonds. The Morgan fingerprint density at radius 1 is 1.26 bits per heavy atom. The van der Waals surface area contributed by atoms with E-state index in [4.69, 9.17) is 0 Å². The first-order chi connectivity index (χ1) is 8.76. The van der Waals surface area contributed by atoms with Crippen molar-refractivity contribution in [1.82, 2.24) is 10.2 Å². The monoisotopic (exact) mass is 270 g/mol. The molecular formula is C16H34N2O. The van der Waals surface area contributed by atoms with Crippen LogP contribution < -0.4 is 5.32 Å². The zero-order valence-electron chi connectivity index (χ0n) is 13.7. The molecule has 2 N–H and O–H groups in total. The average molecular weight is 270 g/mol. The van der Waals surface area contributed by atoms with Crippen molar-refractivity contribution in [3.63, 3.8) is 0 Å². The molecule has 0 radical (unpaired) electrons. The molecule has 0 aromatic rings. The first kappa shape index (κ1) is 16.9. The van der Waals surface area contributed by atoms with Crippen LogP contribution in [0.15, 0.2) is 0 Å². The van der Waals surface area contributed by atoms with E-state index < -0.39 is 5.60 Å². The average Bonchev–Trinajstić information content (AvgIpc) is 2.29. The topological polar surface area (TPSA) is 35.5 Å². The molecule has 4 atom stereocenters. The number of aliphatic hydroxyl groups is 1. The van der Waals surface area contributed by atoms with E-state index in [1.54, 1.807) is 0 Å². The predicted molar refractivity (Wildman–Crippen MR) is 82.3 cm³/mol. The van der Waals surface area contributed by atoms with Crippen LogP contribution in [-0.4, -0.2) is 48.3 Å². The van der Waals surface area contributed by atoms with Crippen molar-refractivity contribution < 1.29 is 5.11 Å². The number of rotatable bonds is 6. The molecule has 4 unspecified atom stereocenters. The molecule has 114 valence electrons. The second-order valence-electron chi connectivity index (χ2n) is 7.25. The summed E-state index contributed by atoms with van der Waals surface area (Å²) in [6.45, 7) is 13.6. The minimum Gasteiger partial charge on any atom is -0.389 e. The lowest BCUT2D eigenvalue weighted by atomic mass is 9.72. The summed E-state index contributed by atoms with van der Waals surface area (Å²) in [5.41, 5.74) is -0.601. The van der Waals surface area contributed by atoms with E-state index in [0.29, 0.717) is 12.0 Å². The predicted octanol–water partition coefficient (Wildman–Crippen LogP) is 2.35. The van der Waals surface area contributed by atoms with Crippen LogP contribution in [-0.2, 0) is 0 Å².